The van der Waals surface area contributed by atoms with Crippen molar-refractivity contribution in [2.75, 3.05) is 11.9 Å². The molecule has 0 aromatic heterocycles. The van der Waals surface area contributed by atoms with Gasteiger partial charge in [0.15, 0.2) is 0 Å². The Morgan fingerprint density at radius 1 is 0.944 bits per heavy atom. The predicted octanol–water partition coefficient (Wildman–Crippen LogP) is 7.09. The van der Waals surface area contributed by atoms with Crippen molar-refractivity contribution in [1.29, 1.82) is 0 Å². The standard InChI is InChI=1S/C29H29F3N2O2/c1-2-3-4-9-27(35)34-17-16-21-18-24(15-12-22(21)19-34)33-28(36)26-8-6-5-7-25(26)20-10-13-23(14-11-20)29(30,31)32/h5-8,10-15,18H,2-4,9,16-17,19H2,1H3,(H,33,36). The molecule has 1 heterocycles. The van der Waals surface area contributed by atoms with Gasteiger partial charge < -0.3 is 10.2 Å². The topological polar surface area (TPSA) is 49.4 Å². The molecule has 3 aromatic carbocycles. The quantitative estimate of drug-likeness (QED) is 0.357. The fourth-order valence-corrected chi connectivity index (χ4v) is 4.50. The molecule has 4 nitrogen and oxygen atoms in total. The molecule has 0 bridgehead atoms. The van der Waals surface area contributed by atoms with Gasteiger partial charge in [-0.25, -0.2) is 0 Å². The van der Waals surface area contributed by atoms with Gasteiger partial charge in [-0.15, -0.1) is 0 Å². The third-order valence-corrected chi connectivity index (χ3v) is 6.52. The van der Waals surface area contributed by atoms with Gasteiger partial charge in [0.2, 0.25) is 5.91 Å². The molecule has 0 atom stereocenters. The summed E-state index contributed by atoms with van der Waals surface area (Å²) in [6.07, 6.45) is -0.0597. The second-order valence-electron chi connectivity index (χ2n) is 9.08. The van der Waals surface area contributed by atoms with Crippen LogP contribution in [0.2, 0.25) is 0 Å². The third kappa shape index (κ3) is 5.96. The van der Waals surface area contributed by atoms with E-state index in [-0.39, 0.29) is 11.8 Å². The van der Waals surface area contributed by atoms with Crippen LogP contribution < -0.4 is 5.32 Å². The minimum absolute atomic E-state index is 0.186. The molecule has 0 spiro atoms. The molecule has 0 unspecified atom stereocenters. The highest BCUT2D eigenvalue weighted by Gasteiger charge is 2.30. The number of carbonyl (C=O) groups is 2. The van der Waals surface area contributed by atoms with Gasteiger partial charge in [-0.3, -0.25) is 9.59 Å². The summed E-state index contributed by atoms with van der Waals surface area (Å²) in [7, 11) is 0. The molecule has 0 aliphatic carbocycles. The average Bonchev–Trinajstić information content (AvgIpc) is 2.88. The van der Waals surface area contributed by atoms with Crippen molar-refractivity contribution in [1.82, 2.24) is 4.90 Å². The maximum atomic E-state index is 13.1. The SMILES string of the molecule is CCCCCC(=O)N1CCc2cc(NC(=O)c3ccccc3-c3ccc(C(F)(F)F)cc3)ccc2C1. The molecule has 1 aliphatic rings. The number of hydrogen-bond donors (Lipinski definition) is 1. The second kappa shape index (κ2) is 11.0. The molecule has 4 rings (SSSR count). The van der Waals surface area contributed by atoms with Crippen LogP contribution in [0.5, 0.6) is 0 Å². The Kier molecular flexibility index (Phi) is 7.77. The molecule has 188 valence electrons. The maximum absolute atomic E-state index is 13.1. The Morgan fingerprint density at radius 2 is 1.69 bits per heavy atom. The summed E-state index contributed by atoms with van der Waals surface area (Å²) in [5.74, 6) is -0.152. The number of rotatable bonds is 7. The first-order chi connectivity index (χ1) is 17.3. The Hall–Kier alpha value is -3.61. The van der Waals surface area contributed by atoms with E-state index < -0.39 is 11.7 Å². The van der Waals surface area contributed by atoms with E-state index in [1.165, 1.54) is 12.1 Å². The normalized spacial score (nSPS) is 13.3. The molecule has 7 heteroatoms. The van der Waals surface area contributed by atoms with Crippen molar-refractivity contribution >= 4 is 17.5 Å². The second-order valence-corrected chi connectivity index (χ2v) is 9.08. The summed E-state index contributed by atoms with van der Waals surface area (Å²) < 4.78 is 38.8. The number of fused-ring (bicyclic) bond motifs is 1. The minimum Gasteiger partial charge on any atom is -0.338 e. The first-order valence-electron chi connectivity index (χ1n) is 12.2. The van der Waals surface area contributed by atoms with E-state index in [9.17, 15) is 22.8 Å². The predicted molar refractivity (Wildman–Crippen MR) is 135 cm³/mol. The van der Waals surface area contributed by atoms with E-state index in [0.29, 0.717) is 41.9 Å². The van der Waals surface area contributed by atoms with Crippen LogP contribution in [-0.4, -0.2) is 23.3 Å². The van der Waals surface area contributed by atoms with Gasteiger partial charge in [-0.05, 0) is 65.4 Å². The van der Waals surface area contributed by atoms with Gasteiger partial charge in [0, 0.05) is 30.8 Å². The monoisotopic (exact) mass is 494 g/mol. The molecule has 0 saturated carbocycles. The Morgan fingerprint density at radius 3 is 2.42 bits per heavy atom. The highest BCUT2D eigenvalue weighted by atomic mass is 19.4. The smallest absolute Gasteiger partial charge is 0.338 e. The maximum Gasteiger partial charge on any atom is 0.416 e. The molecular formula is C29H29F3N2O2. The lowest BCUT2D eigenvalue weighted by Gasteiger charge is -2.29. The van der Waals surface area contributed by atoms with Gasteiger partial charge in [0.1, 0.15) is 0 Å². The molecular weight excluding hydrogens is 465 g/mol. The minimum atomic E-state index is -4.42. The van der Waals surface area contributed by atoms with Gasteiger partial charge in [-0.2, -0.15) is 13.2 Å². The van der Waals surface area contributed by atoms with Crippen LogP contribution in [0.4, 0.5) is 18.9 Å². The number of nitrogens with one attached hydrogen (secondary N) is 1. The lowest BCUT2D eigenvalue weighted by molar-refractivity contribution is -0.137. The first kappa shape index (κ1) is 25.5. The van der Waals surface area contributed by atoms with Crippen molar-refractivity contribution in [2.45, 2.75) is 51.7 Å². The van der Waals surface area contributed by atoms with Crippen LogP contribution >= 0.6 is 0 Å². The zero-order chi connectivity index (χ0) is 25.7. The number of amides is 2. The lowest BCUT2D eigenvalue weighted by Crippen LogP contribution is -2.35. The van der Waals surface area contributed by atoms with Crippen molar-refractivity contribution in [3.63, 3.8) is 0 Å². The number of carbonyl (C=O) groups excluding carboxylic acids is 2. The molecule has 36 heavy (non-hydrogen) atoms. The van der Waals surface area contributed by atoms with E-state index in [1.54, 1.807) is 24.3 Å². The van der Waals surface area contributed by atoms with E-state index in [2.05, 4.69) is 12.2 Å². The van der Waals surface area contributed by atoms with E-state index >= 15 is 0 Å². The summed E-state index contributed by atoms with van der Waals surface area (Å²) >= 11 is 0. The average molecular weight is 495 g/mol. The zero-order valence-corrected chi connectivity index (χ0v) is 20.2. The Labute approximate surface area is 209 Å². The molecule has 0 saturated heterocycles. The third-order valence-electron chi connectivity index (χ3n) is 6.52. The van der Waals surface area contributed by atoms with Crippen molar-refractivity contribution < 1.29 is 22.8 Å². The summed E-state index contributed by atoms with van der Waals surface area (Å²) in [6.45, 7) is 3.35. The Bertz CT molecular complexity index is 1240. The number of halogens is 3. The largest absolute Gasteiger partial charge is 0.416 e. The highest BCUT2D eigenvalue weighted by Crippen LogP contribution is 2.32. The number of alkyl halides is 3. The highest BCUT2D eigenvalue weighted by molar-refractivity contribution is 6.08. The van der Waals surface area contributed by atoms with Crippen LogP contribution in [-0.2, 0) is 23.9 Å². The summed E-state index contributed by atoms with van der Waals surface area (Å²) in [5.41, 5.74) is 3.54. The van der Waals surface area contributed by atoms with E-state index in [4.69, 9.17) is 0 Å². The molecule has 1 aliphatic heterocycles. The van der Waals surface area contributed by atoms with Crippen molar-refractivity contribution in [2.24, 2.45) is 0 Å². The summed E-state index contributed by atoms with van der Waals surface area (Å²) in [5, 5.41) is 2.92. The van der Waals surface area contributed by atoms with Crippen LogP contribution in [0.3, 0.4) is 0 Å². The Balaban J connectivity index is 1.47. The van der Waals surface area contributed by atoms with Crippen LogP contribution in [0.25, 0.3) is 11.1 Å². The number of unbranched alkanes of at least 4 members (excludes halogenated alkanes) is 2. The fraction of sp³-hybridized carbons (Fsp3) is 0.310. The molecule has 3 aromatic rings. The van der Waals surface area contributed by atoms with Gasteiger partial charge in [0.05, 0.1) is 5.56 Å². The van der Waals surface area contributed by atoms with Crippen LogP contribution in [0.15, 0.2) is 66.7 Å². The molecule has 0 fully saturated rings. The van der Waals surface area contributed by atoms with Gasteiger partial charge in [-0.1, -0.05) is 56.2 Å². The van der Waals surface area contributed by atoms with E-state index in [1.807, 2.05) is 23.1 Å². The lowest BCUT2D eigenvalue weighted by atomic mass is 9.97. The van der Waals surface area contributed by atoms with Crippen LogP contribution in [0, 0.1) is 0 Å². The number of hydrogen-bond acceptors (Lipinski definition) is 2. The van der Waals surface area contributed by atoms with Crippen molar-refractivity contribution in [3.05, 3.63) is 89.0 Å². The molecule has 1 N–H and O–H groups in total. The summed E-state index contributed by atoms with van der Waals surface area (Å²) in [4.78, 5) is 27.5. The molecule has 0 radical (unpaired) electrons. The summed E-state index contributed by atoms with van der Waals surface area (Å²) in [6, 6.07) is 17.3. The van der Waals surface area contributed by atoms with Crippen LogP contribution in [0.1, 0.15) is 59.7 Å². The number of benzene rings is 3. The van der Waals surface area contributed by atoms with Crippen molar-refractivity contribution in [3.8, 4) is 11.1 Å². The van der Waals surface area contributed by atoms with Gasteiger partial charge in [0.25, 0.3) is 5.91 Å². The first-order valence-corrected chi connectivity index (χ1v) is 12.2. The number of anilines is 1. The zero-order valence-electron chi connectivity index (χ0n) is 20.2. The fourth-order valence-electron chi connectivity index (χ4n) is 4.50. The van der Waals surface area contributed by atoms with Gasteiger partial charge >= 0.3 is 6.18 Å². The molecule has 2 amide bonds. The van der Waals surface area contributed by atoms with E-state index in [0.717, 1.165) is 48.9 Å². The number of nitrogens with zero attached hydrogens (tertiary/aromatic N) is 1.